The average molecular weight is 115 g/mol. The summed E-state index contributed by atoms with van der Waals surface area (Å²) in [6.07, 6.45) is -1.25. The van der Waals surface area contributed by atoms with Gasteiger partial charge in [0.1, 0.15) is 0 Å². The lowest BCUT2D eigenvalue weighted by Crippen LogP contribution is -2.05. The summed E-state index contributed by atoms with van der Waals surface area (Å²) in [7, 11) is 0. The first-order chi connectivity index (χ1) is 5.82. The summed E-state index contributed by atoms with van der Waals surface area (Å²) in [6.45, 7) is -2.57. The smallest absolute Gasteiger partial charge is 0.266 e. The van der Waals surface area contributed by atoms with Crippen LogP contribution < -0.4 is 5.56 Å². The van der Waals surface area contributed by atoms with Crippen LogP contribution in [-0.2, 0) is 0 Å². The third kappa shape index (κ3) is 0.932. The molecule has 0 aliphatic carbocycles. The first kappa shape index (κ1) is 1.69. The Kier molecular flexibility index (Phi) is 0.374. The highest BCUT2D eigenvalue weighted by molar-refractivity contribution is 4.89. The summed E-state index contributed by atoms with van der Waals surface area (Å²) < 4.78 is 34.8. The number of H-pyrrole nitrogens is 1. The van der Waals surface area contributed by atoms with Gasteiger partial charge in [0.15, 0.2) is 0 Å². The van der Waals surface area contributed by atoms with E-state index < -0.39 is 30.5 Å². The quantitative estimate of drug-likeness (QED) is 0.520. The molecule has 0 bridgehead atoms. The fourth-order valence-corrected chi connectivity index (χ4v) is 0.304. The summed E-state index contributed by atoms with van der Waals surface area (Å²) in [4.78, 5) is 15.9. The van der Waals surface area contributed by atoms with Gasteiger partial charge in [0.25, 0.3) is 5.56 Å². The molecule has 8 heavy (non-hydrogen) atoms. The van der Waals surface area contributed by atoms with Gasteiger partial charge < -0.3 is 4.98 Å². The second-order valence-corrected chi connectivity index (χ2v) is 1.16. The van der Waals surface area contributed by atoms with Crippen LogP contribution in [0, 0.1) is 6.85 Å². The largest absolute Gasteiger partial charge is 0.324 e. The van der Waals surface area contributed by atoms with E-state index in [2.05, 4.69) is 4.98 Å². The van der Waals surface area contributed by atoms with Gasteiger partial charge in [-0.2, -0.15) is 0 Å². The number of aromatic nitrogens is 2. The summed E-state index contributed by atoms with van der Waals surface area (Å²) in [5.41, 5.74) is -1.43. The Bertz CT molecular complexity index is 381. The SMILES string of the molecule is [2H]c1nc([2H])c(=O)[nH]c1C([2H])([2H])[2H]. The van der Waals surface area contributed by atoms with Gasteiger partial charge >= 0.3 is 0 Å². The molecule has 0 atom stereocenters. The fraction of sp³-hybridized carbons (Fsp3) is 0.200. The lowest BCUT2D eigenvalue weighted by molar-refractivity contribution is 1.07. The van der Waals surface area contributed by atoms with E-state index in [0.717, 1.165) is 0 Å². The van der Waals surface area contributed by atoms with Crippen molar-refractivity contribution < 1.29 is 6.85 Å². The van der Waals surface area contributed by atoms with E-state index in [1.807, 2.05) is 4.98 Å². The second-order valence-electron chi connectivity index (χ2n) is 1.16. The zero-order valence-electron chi connectivity index (χ0n) is 8.86. The molecule has 0 fully saturated rings. The van der Waals surface area contributed by atoms with Crippen molar-refractivity contribution >= 4 is 0 Å². The number of hydrogen-bond donors (Lipinski definition) is 1. The summed E-state index contributed by atoms with van der Waals surface area (Å²) in [5.74, 6) is 0. The topological polar surface area (TPSA) is 45.8 Å². The number of aromatic amines is 1. The Morgan fingerprint density at radius 1 is 2.00 bits per heavy atom. The number of hydrogen-bond acceptors (Lipinski definition) is 2. The predicted molar refractivity (Wildman–Crippen MR) is 29.6 cm³/mol. The molecule has 1 N–H and O–H groups in total. The summed E-state index contributed by atoms with van der Waals surface area (Å²) >= 11 is 0. The van der Waals surface area contributed by atoms with Crippen molar-refractivity contribution in [2.24, 2.45) is 0 Å². The van der Waals surface area contributed by atoms with E-state index >= 15 is 0 Å². The van der Waals surface area contributed by atoms with Crippen LogP contribution in [0.15, 0.2) is 17.1 Å². The third-order valence-electron chi connectivity index (χ3n) is 0.564. The molecule has 0 amide bonds. The van der Waals surface area contributed by atoms with E-state index in [9.17, 15) is 4.79 Å². The van der Waals surface area contributed by atoms with Crippen molar-refractivity contribution in [1.29, 1.82) is 0 Å². The van der Waals surface area contributed by atoms with Gasteiger partial charge in [-0.25, -0.2) is 0 Å². The molecule has 3 heteroatoms. The molecule has 1 heterocycles. The van der Waals surface area contributed by atoms with Gasteiger partial charge in [-0.15, -0.1) is 0 Å². The Morgan fingerprint density at radius 3 is 3.62 bits per heavy atom. The molecule has 42 valence electrons. The van der Waals surface area contributed by atoms with Gasteiger partial charge in [0, 0.05) is 16.0 Å². The molecule has 0 aliphatic rings. The minimum atomic E-state index is -2.57. The maximum Gasteiger partial charge on any atom is 0.266 e. The van der Waals surface area contributed by atoms with Crippen molar-refractivity contribution in [2.45, 2.75) is 6.85 Å². The molecular weight excluding hydrogens is 104 g/mol. The van der Waals surface area contributed by atoms with Gasteiger partial charge in [0.2, 0.25) is 0 Å². The van der Waals surface area contributed by atoms with Crippen LogP contribution in [0.3, 0.4) is 0 Å². The van der Waals surface area contributed by atoms with E-state index in [0.29, 0.717) is 0 Å². The minimum Gasteiger partial charge on any atom is -0.324 e. The standard InChI is InChI=1S/C5H6N2O/c1-4-2-6-3-5(8)7-4/h2-3H,1H3,(H,7,8)/i1D3,2D,3D. The third-order valence-corrected chi connectivity index (χ3v) is 0.564. The number of nitrogens with zero attached hydrogens (tertiary/aromatic N) is 1. The first-order valence-corrected chi connectivity index (χ1v) is 1.90. The van der Waals surface area contributed by atoms with Crippen molar-refractivity contribution in [1.82, 2.24) is 9.97 Å². The Balaban J connectivity index is 3.41. The lowest BCUT2D eigenvalue weighted by atomic mass is 10.5. The maximum absolute atomic E-state index is 10.8. The molecule has 0 aliphatic heterocycles. The van der Waals surface area contributed by atoms with Crippen molar-refractivity contribution in [2.75, 3.05) is 0 Å². The van der Waals surface area contributed by atoms with Crippen molar-refractivity contribution in [3.8, 4) is 0 Å². The van der Waals surface area contributed by atoms with Crippen molar-refractivity contribution in [3.05, 3.63) is 28.4 Å². The van der Waals surface area contributed by atoms with Crippen LogP contribution in [0.25, 0.3) is 0 Å². The highest BCUT2D eigenvalue weighted by Crippen LogP contribution is 1.76. The molecule has 0 unspecified atom stereocenters. The minimum absolute atomic E-state index is 0.534. The van der Waals surface area contributed by atoms with Crippen LogP contribution in [0.5, 0.6) is 0 Å². The number of nitrogens with one attached hydrogen (secondary N) is 1. The average Bonchev–Trinajstić information content (AvgIpc) is 1.94. The van der Waals surface area contributed by atoms with Crippen LogP contribution in [0.4, 0.5) is 0 Å². The summed E-state index contributed by atoms with van der Waals surface area (Å²) in [6, 6.07) is 0. The molecule has 0 saturated heterocycles. The van der Waals surface area contributed by atoms with Crippen LogP contribution in [0.2, 0.25) is 0 Å². The lowest BCUT2D eigenvalue weighted by Gasteiger charge is -1.84. The Morgan fingerprint density at radius 2 is 2.88 bits per heavy atom. The van der Waals surface area contributed by atoms with Crippen LogP contribution in [-0.4, -0.2) is 9.97 Å². The molecule has 0 aromatic carbocycles. The molecule has 1 aromatic heterocycles. The van der Waals surface area contributed by atoms with Gasteiger partial charge in [-0.3, -0.25) is 9.78 Å². The van der Waals surface area contributed by atoms with Crippen LogP contribution >= 0.6 is 0 Å². The monoisotopic (exact) mass is 115 g/mol. The molecule has 3 nitrogen and oxygen atoms in total. The highest BCUT2D eigenvalue weighted by Gasteiger charge is 1.80. The van der Waals surface area contributed by atoms with Gasteiger partial charge in [-0.1, -0.05) is 0 Å². The zero-order valence-corrected chi connectivity index (χ0v) is 3.86. The van der Waals surface area contributed by atoms with E-state index in [1.165, 1.54) is 0 Å². The molecular formula is C5H6N2O. The molecule has 0 spiro atoms. The molecule has 0 radical (unpaired) electrons. The van der Waals surface area contributed by atoms with Crippen molar-refractivity contribution in [3.63, 3.8) is 0 Å². The Labute approximate surface area is 53.4 Å². The molecule has 0 saturated carbocycles. The molecule has 1 rings (SSSR count). The normalized spacial score (nSPS) is 19.8. The number of aryl methyl sites for hydroxylation is 1. The maximum atomic E-state index is 10.8. The fourth-order valence-electron chi connectivity index (χ4n) is 0.304. The van der Waals surface area contributed by atoms with Gasteiger partial charge in [-0.05, 0) is 6.85 Å². The molecule has 1 aromatic rings. The van der Waals surface area contributed by atoms with Crippen LogP contribution in [0.1, 0.15) is 12.5 Å². The van der Waals surface area contributed by atoms with E-state index in [4.69, 9.17) is 6.85 Å². The van der Waals surface area contributed by atoms with E-state index in [-0.39, 0.29) is 0 Å². The van der Waals surface area contributed by atoms with E-state index in [1.54, 1.807) is 0 Å². The first-order valence-electron chi connectivity index (χ1n) is 4.40. The number of rotatable bonds is 0. The summed E-state index contributed by atoms with van der Waals surface area (Å²) in [5, 5.41) is 0. The predicted octanol–water partition coefficient (Wildman–Crippen LogP) is 0.0783. The van der Waals surface area contributed by atoms with Gasteiger partial charge in [0.05, 0.1) is 8.91 Å². The zero-order chi connectivity index (χ0) is 10.2. The Hall–Kier alpha value is -1.12. The highest BCUT2D eigenvalue weighted by atomic mass is 16.1. The second kappa shape index (κ2) is 1.78.